The summed E-state index contributed by atoms with van der Waals surface area (Å²) in [6.45, 7) is 2.99. The standard InChI is InChI=1S/C24H20Cl2FN5O2/c1-13-29-30-24(32(13)12-14-4-6-15(25)7-5-14)19-3-2-10-31(19)21-20(22(33)23(21)34)28-18-9-8-16(26)11-17(18)27/h4-9,11,19,28H,2-3,10,12H2,1H3/t19-/m1/s1. The summed E-state index contributed by atoms with van der Waals surface area (Å²) in [6.07, 6.45) is 1.55. The van der Waals surface area contributed by atoms with E-state index in [2.05, 4.69) is 15.5 Å². The SMILES string of the molecule is Cc1nnc([C@H]2CCCN2c2c(Nc3ccc(Cl)cc3F)c(=O)c2=O)n1Cc1ccc(Cl)cc1. The van der Waals surface area contributed by atoms with Crippen LogP contribution in [0.5, 0.6) is 0 Å². The molecule has 0 spiro atoms. The van der Waals surface area contributed by atoms with Gasteiger partial charge in [0.05, 0.1) is 18.3 Å². The Hall–Kier alpha value is -3.23. The van der Waals surface area contributed by atoms with E-state index in [-0.39, 0.29) is 28.1 Å². The fraction of sp³-hybridized carbons (Fsp3) is 0.250. The lowest BCUT2D eigenvalue weighted by Gasteiger charge is -2.29. The van der Waals surface area contributed by atoms with Crippen molar-refractivity contribution in [3.63, 3.8) is 0 Å². The summed E-state index contributed by atoms with van der Waals surface area (Å²) in [4.78, 5) is 26.9. The van der Waals surface area contributed by atoms with Crippen LogP contribution < -0.4 is 21.1 Å². The summed E-state index contributed by atoms with van der Waals surface area (Å²) in [6, 6.07) is 11.4. The lowest BCUT2D eigenvalue weighted by molar-refractivity contribution is 0.601. The number of halogens is 3. The number of aromatic nitrogens is 3. The minimum Gasteiger partial charge on any atom is -0.356 e. The quantitative estimate of drug-likeness (QED) is 0.385. The average molecular weight is 500 g/mol. The van der Waals surface area contributed by atoms with E-state index in [1.807, 2.05) is 40.7 Å². The summed E-state index contributed by atoms with van der Waals surface area (Å²) in [7, 11) is 0. The van der Waals surface area contributed by atoms with Crippen LogP contribution in [0, 0.1) is 12.7 Å². The molecule has 1 fully saturated rings. The van der Waals surface area contributed by atoms with Crippen LogP contribution in [0.2, 0.25) is 10.0 Å². The van der Waals surface area contributed by atoms with Gasteiger partial charge < -0.3 is 14.8 Å². The van der Waals surface area contributed by atoms with Crippen molar-refractivity contribution in [3.05, 3.63) is 96.0 Å². The number of benzene rings is 2. The highest BCUT2D eigenvalue weighted by Crippen LogP contribution is 2.38. The lowest BCUT2D eigenvalue weighted by Crippen LogP contribution is -2.42. The van der Waals surface area contributed by atoms with Crippen LogP contribution in [0.4, 0.5) is 21.5 Å². The van der Waals surface area contributed by atoms with Crippen molar-refractivity contribution in [2.45, 2.75) is 32.4 Å². The van der Waals surface area contributed by atoms with E-state index in [4.69, 9.17) is 23.2 Å². The van der Waals surface area contributed by atoms with E-state index in [0.717, 1.165) is 30.3 Å². The topological polar surface area (TPSA) is 80.1 Å². The number of anilines is 3. The second kappa shape index (κ2) is 8.85. The first-order chi connectivity index (χ1) is 16.3. The van der Waals surface area contributed by atoms with Gasteiger partial charge in [0, 0.05) is 16.6 Å². The molecular formula is C24H20Cl2FN5O2. The van der Waals surface area contributed by atoms with Gasteiger partial charge >= 0.3 is 0 Å². The zero-order valence-electron chi connectivity index (χ0n) is 18.2. The summed E-state index contributed by atoms with van der Waals surface area (Å²) in [5.41, 5.74) is 0.181. The average Bonchev–Trinajstić information content (AvgIpc) is 3.42. The molecule has 7 nitrogen and oxygen atoms in total. The maximum absolute atomic E-state index is 14.3. The first-order valence-electron chi connectivity index (χ1n) is 10.8. The highest BCUT2D eigenvalue weighted by atomic mass is 35.5. The van der Waals surface area contributed by atoms with Crippen LogP contribution in [-0.4, -0.2) is 21.3 Å². The molecule has 1 saturated heterocycles. The van der Waals surface area contributed by atoms with Crippen LogP contribution in [0.1, 0.15) is 36.1 Å². The first kappa shape index (κ1) is 22.6. The zero-order chi connectivity index (χ0) is 24.0. The molecule has 0 bridgehead atoms. The van der Waals surface area contributed by atoms with Crippen LogP contribution >= 0.6 is 23.2 Å². The summed E-state index contributed by atoms with van der Waals surface area (Å²) < 4.78 is 16.3. The largest absolute Gasteiger partial charge is 0.356 e. The van der Waals surface area contributed by atoms with E-state index in [0.29, 0.717) is 23.9 Å². The lowest BCUT2D eigenvalue weighted by atomic mass is 10.1. The Balaban J connectivity index is 1.47. The van der Waals surface area contributed by atoms with Crippen molar-refractivity contribution in [2.24, 2.45) is 0 Å². The minimum absolute atomic E-state index is 0.0789. The van der Waals surface area contributed by atoms with Crippen LogP contribution in [-0.2, 0) is 6.54 Å². The molecule has 174 valence electrons. The minimum atomic E-state index is -0.672. The molecule has 0 saturated carbocycles. The summed E-state index contributed by atoms with van der Waals surface area (Å²) in [5, 5.41) is 12.4. The third kappa shape index (κ3) is 3.97. The fourth-order valence-corrected chi connectivity index (χ4v) is 4.69. The molecule has 1 N–H and O–H groups in total. The Morgan fingerprint density at radius 2 is 1.79 bits per heavy atom. The Bertz CT molecular complexity index is 1440. The van der Waals surface area contributed by atoms with E-state index >= 15 is 0 Å². The van der Waals surface area contributed by atoms with Gasteiger partial charge in [0.1, 0.15) is 23.0 Å². The Labute approximate surface area is 204 Å². The number of rotatable bonds is 6. The Kier molecular flexibility index (Phi) is 5.87. The smallest absolute Gasteiger partial charge is 0.253 e. The van der Waals surface area contributed by atoms with Crippen molar-refractivity contribution in [2.75, 3.05) is 16.8 Å². The van der Waals surface area contributed by atoms with Gasteiger partial charge in [-0.1, -0.05) is 35.3 Å². The molecule has 2 heterocycles. The van der Waals surface area contributed by atoms with Gasteiger partial charge in [-0.25, -0.2) is 4.39 Å². The molecule has 4 aromatic rings. The van der Waals surface area contributed by atoms with Crippen LogP contribution in [0.15, 0.2) is 52.1 Å². The number of hydrogen-bond acceptors (Lipinski definition) is 6. The Morgan fingerprint density at radius 3 is 2.53 bits per heavy atom. The molecular weight excluding hydrogens is 480 g/mol. The van der Waals surface area contributed by atoms with E-state index in [9.17, 15) is 14.0 Å². The molecule has 0 amide bonds. The van der Waals surface area contributed by atoms with Gasteiger partial charge in [0.2, 0.25) is 0 Å². The summed E-state index contributed by atoms with van der Waals surface area (Å²) in [5.74, 6) is 0.841. The van der Waals surface area contributed by atoms with E-state index in [1.54, 1.807) is 0 Å². The first-order valence-corrected chi connectivity index (χ1v) is 11.5. The molecule has 1 aromatic heterocycles. The maximum Gasteiger partial charge on any atom is 0.253 e. The molecule has 3 aromatic carbocycles. The van der Waals surface area contributed by atoms with Crippen LogP contribution in [0.25, 0.3) is 0 Å². The molecule has 0 aliphatic carbocycles. The third-order valence-corrected chi connectivity index (χ3v) is 6.62. The van der Waals surface area contributed by atoms with Crippen molar-refractivity contribution in [1.82, 2.24) is 14.8 Å². The molecule has 10 heteroatoms. The van der Waals surface area contributed by atoms with Gasteiger partial charge in [-0.15, -0.1) is 10.2 Å². The zero-order valence-corrected chi connectivity index (χ0v) is 19.7. The number of nitrogens with zero attached hydrogens (tertiary/aromatic N) is 4. The van der Waals surface area contributed by atoms with Gasteiger partial charge in [0.15, 0.2) is 5.82 Å². The molecule has 0 radical (unpaired) electrons. The highest BCUT2D eigenvalue weighted by molar-refractivity contribution is 6.30. The van der Waals surface area contributed by atoms with Crippen molar-refractivity contribution >= 4 is 40.3 Å². The third-order valence-electron chi connectivity index (χ3n) is 6.13. The molecule has 1 aliphatic rings. The molecule has 0 unspecified atom stereocenters. The molecule has 34 heavy (non-hydrogen) atoms. The number of nitrogens with one attached hydrogen (secondary N) is 1. The van der Waals surface area contributed by atoms with Crippen molar-refractivity contribution in [1.29, 1.82) is 0 Å². The Morgan fingerprint density at radius 1 is 1.06 bits per heavy atom. The van der Waals surface area contributed by atoms with E-state index in [1.165, 1.54) is 12.1 Å². The highest BCUT2D eigenvalue weighted by Gasteiger charge is 2.37. The monoisotopic (exact) mass is 499 g/mol. The number of aryl methyl sites for hydroxylation is 1. The van der Waals surface area contributed by atoms with Gasteiger partial charge in [-0.05, 0) is 55.7 Å². The second-order valence-electron chi connectivity index (χ2n) is 8.30. The molecule has 1 atom stereocenters. The van der Waals surface area contributed by atoms with Gasteiger partial charge in [0.25, 0.3) is 10.9 Å². The summed E-state index contributed by atoms with van der Waals surface area (Å²) >= 11 is 11.8. The van der Waals surface area contributed by atoms with Crippen molar-refractivity contribution < 1.29 is 4.39 Å². The fourth-order valence-electron chi connectivity index (χ4n) is 4.41. The maximum atomic E-state index is 14.3. The van der Waals surface area contributed by atoms with Gasteiger partial charge in [-0.3, -0.25) is 9.59 Å². The normalized spacial score (nSPS) is 15.9. The van der Waals surface area contributed by atoms with Crippen LogP contribution in [0.3, 0.4) is 0 Å². The predicted molar refractivity (Wildman–Crippen MR) is 131 cm³/mol. The second-order valence-corrected chi connectivity index (χ2v) is 9.17. The molecule has 5 rings (SSSR count). The predicted octanol–water partition coefficient (Wildman–Crippen LogP) is 4.76. The number of hydrogen-bond donors (Lipinski definition) is 1. The van der Waals surface area contributed by atoms with Gasteiger partial charge in [-0.2, -0.15) is 0 Å². The van der Waals surface area contributed by atoms with E-state index < -0.39 is 16.7 Å². The molecule has 1 aliphatic heterocycles. The van der Waals surface area contributed by atoms with Crippen molar-refractivity contribution in [3.8, 4) is 0 Å².